The predicted molar refractivity (Wildman–Crippen MR) is 84.7 cm³/mol. The lowest BCUT2D eigenvalue weighted by Crippen LogP contribution is -2.55. The molecule has 0 radical (unpaired) electrons. The van der Waals surface area contributed by atoms with Crippen LogP contribution in [0.4, 0.5) is 18.0 Å². The Labute approximate surface area is 146 Å². The van der Waals surface area contributed by atoms with Crippen molar-refractivity contribution in [2.45, 2.75) is 18.3 Å². The molecule has 3 amide bonds. The Morgan fingerprint density at radius 3 is 2.20 bits per heavy atom. The van der Waals surface area contributed by atoms with E-state index in [0.29, 0.717) is 10.5 Å². The molecule has 1 atom stereocenters. The van der Waals surface area contributed by atoms with E-state index < -0.39 is 23.7 Å². The van der Waals surface area contributed by atoms with Crippen LogP contribution in [0.3, 0.4) is 0 Å². The van der Waals surface area contributed by atoms with Gasteiger partial charge in [-0.05, 0) is 17.2 Å². The van der Waals surface area contributed by atoms with E-state index in [9.17, 15) is 22.8 Å². The zero-order valence-electron chi connectivity index (χ0n) is 12.7. The van der Waals surface area contributed by atoms with Gasteiger partial charge in [-0.3, -0.25) is 9.69 Å². The Balaban J connectivity index is 2.05. The van der Waals surface area contributed by atoms with E-state index in [-0.39, 0.29) is 17.1 Å². The first kappa shape index (κ1) is 17.3. The first-order valence-corrected chi connectivity index (χ1v) is 7.65. The van der Waals surface area contributed by atoms with Gasteiger partial charge >= 0.3 is 12.2 Å². The summed E-state index contributed by atoms with van der Waals surface area (Å²) in [4.78, 5) is 25.4. The van der Waals surface area contributed by atoms with Crippen molar-refractivity contribution in [3.05, 3.63) is 70.7 Å². The summed E-state index contributed by atoms with van der Waals surface area (Å²) in [7, 11) is 0. The average Bonchev–Trinajstić information content (AvgIpc) is 2.83. The maximum atomic E-state index is 13.8. The summed E-state index contributed by atoms with van der Waals surface area (Å²) >= 11 is 5.98. The Morgan fingerprint density at radius 1 is 1.00 bits per heavy atom. The van der Waals surface area contributed by atoms with Crippen LogP contribution in [-0.2, 0) is 16.9 Å². The number of rotatable bonds is 3. The fourth-order valence-electron chi connectivity index (χ4n) is 2.76. The van der Waals surface area contributed by atoms with Crippen molar-refractivity contribution in [1.29, 1.82) is 0 Å². The molecule has 8 heteroatoms. The van der Waals surface area contributed by atoms with Crippen molar-refractivity contribution in [3.63, 3.8) is 0 Å². The molecule has 1 aliphatic rings. The van der Waals surface area contributed by atoms with Gasteiger partial charge in [-0.1, -0.05) is 60.1 Å². The van der Waals surface area contributed by atoms with Crippen molar-refractivity contribution in [2.75, 3.05) is 0 Å². The van der Waals surface area contributed by atoms with Crippen LogP contribution in [0.1, 0.15) is 11.1 Å². The smallest absolute Gasteiger partial charge is 0.312 e. The van der Waals surface area contributed by atoms with Gasteiger partial charge in [-0.25, -0.2) is 4.79 Å². The average molecular weight is 369 g/mol. The third-order valence-electron chi connectivity index (χ3n) is 4.02. The molecule has 0 saturated carbocycles. The first-order chi connectivity index (χ1) is 11.8. The molecule has 0 bridgehead atoms. The number of alkyl halides is 3. The highest BCUT2D eigenvalue weighted by atomic mass is 35.5. The number of hydrogen-bond donors (Lipinski definition) is 1. The maximum absolute atomic E-state index is 13.8. The van der Waals surface area contributed by atoms with Crippen LogP contribution in [-0.4, -0.2) is 23.0 Å². The number of nitrogens with zero attached hydrogens (tertiary/aromatic N) is 1. The van der Waals surface area contributed by atoms with Gasteiger partial charge in [0, 0.05) is 5.02 Å². The van der Waals surface area contributed by atoms with Gasteiger partial charge in [0.2, 0.25) is 5.54 Å². The minimum absolute atomic E-state index is 0.257. The van der Waals surface area contributed by atoms with Crippen molar-refractivity contribution in [1.82, 2.24) is 10.2 Å². The molecule has 25 heavy (non-hydrogen) atoms. The fraction of sp³-hybridized carbons (Fsp3) is 0.176. The van der Waals surface area contributed by atoms with Crippen LogP contribution < -0.4 is 5.32 Å². The molecular weight excluding hydrogens is 357 g/mol. The van der Waals surface area contributed by atoms with Gasteiger partial charge in [0.05, 0.1) is 6.54 Å². The van der Waals surface area contributed by atoms with Crippen molar-refractivity contribution in [2.24, 2.45) is 0 Å². The topological polar surface area (TPSA) is 49.4 Å². The molecule has 0 aliphatic carbocycles. The second-order valence-corrected chi connectivity index (χ2v) is 5.93. The van der Waals surface area contributed by atoms with Crippen molar-refractivity contribution < 1.29 is 22.8 Å². The summed E-state index contributed by atoms with van der Waals surface area (Å²) in [6.45, 7) is -0.352. The fourth-order valence-corrected chi connectivity index (χ4v) is 2.95. The Bertz CT molecular complexity index is 826. The van der Waals surface area contributed by atoms with Crippen LogP contribution >= 0.6 is 11.6 Å². The van der Waals surface area contributed by atoms with E-state index in [4.69, 9.17) is 11.6 Å². The van der Waals surface area contributed by atoms with E-state index in [0.717, 1.165) is 12.1 Å². The highest BCUT2D eigenvalue weighted by molar-refractivity contribution is 6.31. The van der Waals surface area contributed by atoms with Gasteiger partial charge in [0.1, 0.15) is 0 Å². The molecule has 1 aliphatic heterocycles. The van der Waals surface area contributed by atoms with E-state index in [1.807, 2.05) is 5.32 Å². The lowest BCUT2D eigenvalue weighted by Gasteiger charge is -2.29. The standard InChI is InChI=1S/C17H12ClF3N2O2/c18-13-9-5-4-6-11(13)10-23-14(24)16(17(19,20)21,22-15(23)25)12-7-2-1-3-8-12/h1-9H,10H2,(H,22,25). The number of amides is 3. The minimum atomic E-state index is -5.00. The third-order valence-corrected chi connectivity index (χ3v) is 4.39. The second-order valence-electron chi connectivity index (χ2n) is 5.53. The molecule has 1 heterocycles. The number of imide groups is 1. The van der Waals surface area contributed by atoms with Crippen LogP contribution in [0.15, 0.2) is 54.6 Å². The van der Waals surface area contributed by atoms with Crippen LogP contribution in [0.25, 0.3) is 0 Å². The number of carbonyl (C=O) groups is 2. The van der Waals surface area contributed by atoms with Gasteiger partial charge in [0.25, 0.3) is 5.91 Å². The number of hydrogen-bond acceptors (Lipinski definition) is 2. The van der Waals surface area contributed by atoms with E-state index >= 15 is 0 Å². The minimum Gasteiger partial charge on any atom is -0.312 e. The van der Waals surface area contributed by atoms with Crippen LogP contribution in [0.5, 0.6) is 0 Å². The van der Waals surface area contributed by atoms with E-state index in [1.54, 1.807) is 18.2 Å². The molecular formula is C17H12ClF3N2O2. The molecule has 3 rings (SSSR count). The molecule has 1 N–H and O–H groups in total. The molecule has 1 unspecified atom stereocenters. The Hall–Kier alpha value is -2.54. The number of halogens is 4. The summed E-state index contributed by atoms with van der Waals surface area (Å²) in [5.41, 5.74) is -3.08. The number of urea groups is 1. The number of nitrogens with one attached hydrogen (secondary N) is 1. The monoisotopic (exact) mass is 368 g/mol. The van der Waals surface area contributed by atoms with Gasteiger partial charge in [-0.15, -0.1) is 0 Å². The molecule has 0 spiro atoms. The first-order valence-electron chi connectivity index (χ1n) is 7.27. The maximum Gasteiger partial charge on any atom is 0.425 e. The molecule has 1 fully saturated rings. The molecule has 4 nitrogen and oxygen atoms in total. The molecule has 130 valence electrons. The zero-order valence-corrected chi connectivity index (χ0v) is 13.4. The number of benzene rings is 2. The van der Waals surface area contributed by atoms with E-state index in [2.05, 4.69) is 0 Å². The summed E-state index contributed by atoms with van der Waals surface area (Å²) < 4.78 is 41.5. The molecule has 0 aromatic heterocycles. The molecule has 2 aromatic carbocycles. The lowest BCUT2D eigenvalue weighted by atomic mass is 9.89. The summed E-state index contributed by atoms with van der Waals surface area (Å²) in [5, 5.41) is 2.09. The molecule has 2 aromatic rings. The van der Waals surface area contributed by atoms with Gasteiger partial charge in [0.15, 0.2) is 0 Å². The van der Waals surface area contributed by atoms with Gasteiger partial charge < -0.3 is 5.32 Å². The lowest BCUT2D eigenvalue weighted by molar-refractivity contribution is -0.198. The van der Waals surface area contributed by atoms with Crippen LogP contribution in [0.2, 0.25) is 5.02 Å². The van der Waals surface area contributed by atoms with Gasteiger partial charge in [-0.2, -0.15) is 13.2 Å². The summed E-state index contributed by atoms with van der Waals surface area (Å²) in [6, 6.07) is 11.8. The third kappa shape index (κ3) is 2.74. The van der Waals surface area contributed by atoms with Crippen molar-refractivity contribution >= 4 is 23.5 Å². The predicted octanol–water partition coefficient (Wildman–Crippen LogP) is 3.85. The summed E-state index contributed by atoms with van der Waals surface area (Å²) in [5.74, 6) is -1.38. The largest absolute Gasteiger partial charge is 0.425 e. The quantitative estimate of drug-likeness (QED) is 0.837. The normalized spacial score (nSPS) is 20.7. The number of carbonyl (C=O) groups excluding carboxylic acids is 2. The SMILES string of the molecule is O=C1NC(c2ccccc2)(C(F)(F)F)C(=O)N1Cc1ccccc1Cl. The molecule has 1 saturated heterocycles. The highest BCUT2D eigenvalue weighted by Crippen LogP contribution is 2.43. The Kier molecular flexibility index (Phi) is 4.20. The second kappa shape index (κ2) is 6.07. The Morgan fingerprint density at radius 2 is 1.60 bits per heavy atom. The summed E-state index contributed by atoms with van der Waals surface area (Å²) in [6.07, 6.45) is -5.00. The zero-order chi connectivity index (χ0) is 18.2. The van der Waals surface area contributed by atoms with Crippen molar-refractivity contribution in [3.8, 4) is 0 Å². The van der Waals surface area contributed by atoms with Crippen LogP contribution in [0, 0.1) is 0 Å². The van der Waals surface area contributed by atoms with E-state index in [1.165, 1.54) is 24.3 Å². The highest BCUT2D eigenvalue weighted by Gasteiger charge is 2.68.